The topological polar surface area (TPSA) is 46.5 Å². The molecule has 3 nitrogen and oxygen atoms in total. The van der Waals surface area contributed by atoms with Gasteiger partial charge in [0.1, 0.15) is 6.10 Å². The van der Waals surface area contributed by atoms with Crippen molar-refractivity contribution in [3.63, 3.8) is 0 Å². The molecule has 0 amide bonds. The van der Waals surface area contributed by atoms with E-state index in [0.717, 1.165) is 19.3 Å². The van der Waals surface area contributed by atoms with Gasteiger partial charge in [-0.3, -0.25) is 4.79 Å². The van der Waals surface area contributed by atoms with Gasteiger partial charge in [-0.2, -0.15) is 0 Å². The zero-order valence-electron chi connectivity index (χ0n) is 11.3. The number of fused-ring (bicyclic) bond motifs is 3. The summed E-state index contributed by atoms with van der Waals surface area (Å²) in [7, 11) is 0. The summed E-state index contributed by atoms with van der Waals surface area (Å²) >= 11 is 0. The molecule has 6 atom stereocenters. The molecule has 1 saturated carbocycles. The lowest BCUT2D eigenvalue weighted by atomic mass is 9.55. The van der Waals surface area contributed by atoms with Gasteiger partial charge < -0.3 is 9.84 Å². The molecule has 2 aliphatic carbocycles. The molecule has 18 heavy (non-hydrogen) atoms. The number of aliphatic hydroxyl groups is 1. The molecule has 1 N–H and O–H groups in total. The largest absolute Gasteiger partial charge is 0.461 e. The molecule has 0 spiro atoms. The summed E-state index contributed by atoms with van der Waals surface area (Å²) in [4.78, 5) is 11.8. The molecule has 1 saturated heterocycles. The first-order valence-corrected chi connectivity index (χ1v) is 7.00. The van der Waals surface area contributed by atoms with E-state index in [9.17, 15) is 9.90 Å². The molecule has 3 aliphatic rings. The van der Waals surface area contributed by atoms with Crippen LogP contribution in [0.15, 0.2) is 11.6 Å². The summed E-state index contributed by atoms with van der Waals surface area (Å²) in [6, 6.07) is 0. The zero-order valence-corrected chi connectivity index (χ0v) is 11.3. The first-order valence-electron chi connectivity index (χ1n) is 7.00. The van der Waals surface area contributed by atoms with Crippen molar-refractivity contribution in [1.29, 1.82) is 0 Å². The van der Waals surface area contributed by atoms with Gasteiger partial charge in [-0.1, -0.05) is 25.5 Å². The lowest BCUT2D eigenvalue weighted by molar-refractivity contribution is -0.151. The molecular formula is C15H22O3. The highest BCUT2D eigenvalue weighted by atomic mass is 16.6. The van der Waals surface area contributed by atoms with Crippen LogP contribution in [0, 0.1) is 23.2 Å². The van der Waals surface area contributed by atoms with Crippen LogP contribution < -0.4 is 0 Å². The van der Waals surface area contributed by atoms with Crippen LogP contribution >= 0.6 is 0 Å². The third-order valence-electron chi connectivity index (χ3n) is 5.66. The maximum absolute atomic E-state index is 11.8. The van der Waals surface area contributed by atoms with Gasteiger partial charge in [0.15, 0.2) is 0 Å². The van der Waals surface area contributed by atoms with Gasteiger partial charge in [0.2, 0.25) is 0 Å². The molecular weight excluding hydrogens is 228 g/mol. The zero-order chi connectivity index (χ0) is 13.1. The molecule has 0 aromatic rings. The van der Waals surface area contributed by atoms with Crippen molar-refractivity contribution < 1.29 is 14.6 Å². The molecule has 3 rings (SSSR count). The van der Waals surface area contributed by atoms with E-state index in [-0.39, 0.29) is 35.4 Å². The maximum Gasteiger partial charge on any atom is 0.309 e. The molecule has 1 heterocycles. The first kappa shape index (κ1) is 12.2. The number of rotatable bonds is 0. The summed E-state index contributed by atoms with van der Waals surface area (Å²) in [5.41, 5.74) is 1.17. The van der Waals surface area contributed by atoms with Gasteiger partial charge in [0.05, 0.1) is 12.0 Å². The highest BCUT2D eigenvalue weighted by molar-refractivity contribution is 5.75. The van der Waals surface area contributed by atoms with E-state index >= 15 is 0 Å². The van der Waals surface area contributed by atoms with Crippen LogP contribution in [0.5, 0.6) is 0 Å². The molecule has 2 fully saturated rings. The van der Waals surface area contributed by atoms with Crippen LogP contribution in [0.3, 0.4) is 0 Å². The third-order valence-corrected chi connectivity index (χ3v) is 5.66. The van der Waals surface area contributed by atoms with Crippen LogP contribution in [-0.2, 0) is 9.53 Å². The Bertz CT molecular complexity index is 414. The Morgan fingerprint density at radius 3 is 2.94 bits per heavy atom. The average Bonchev–Trinajstić information content (AvgIpc) is 2.60. The Morgan fingerprint density at radius 1 is 1.50 bits per heavy atom. The van der Waals surface area contributed by atoms with E-state index in [0.29, 0.717) is 5.92 Å². The second-order valence-corrected chi connectivity index (χ2v) is 6.58. The monoisotopic (exact) mass is 250 g/mol. The minimum absolute atomic E-state index is 0.0163. The second-order valence-electron chi connectivity index (χ2n) is 6.58. The van der Waals surface area contributed by atoms with Crippen molar-refractivity contribution in [3.8, 4) is 0 Å². The van der Waals surface area contributed by atoms with Crippen molar-refractivity contribution in [2.24, 2.45) is 23.2 Å². The number of ether oxygens (including phenoxy) is 1. The van der Waals surface area contributed by atoms with Gasteiger partial charge in [0, 0.05) is 17.3 Å². The Morgan fingerprint density at radius 2 is 2.22 bits per heavy atom. The highest BCUT2D eigenvalue weighted by Gasteiger charge is 2.58. The smallest absolute Gasteiger partial charge is 0.309 e. The van der Waals surface area contributed by atoms with Gasteiger partial charge >= 0.3 is 5.97 Å². The highest BCUT2D eigenvalue weighted by Crippen LogP contribution is 2.56. The summed E-state index contributed by atoms with van der Waals surface area (Å²) in [5.74, 6) is 0.506. The normalized spacial score (nSPS) is 51.2. The lowest BCUT2D eigenvalue weighted by Crippen LogP contribution is -2.52. The molecule has 0 radical (unpaired) electrons. The van der Waals surface area contributed by atoms with E-state index in [1.54, 1.807) is 0 Å². The summed E-state index contributed by atoms with van der Waals surface area (Å²) < 4.78 is 5.64. The van der Waals surface area contributed by atoms with Crippen LogP contribution in [0.1, 0.15) is 40.0 Å². The number of hydrogen-bond acceptors (Lipinski definition) is 3. The Labute approximate surface area is 108 Å². The molecule has 0 aromatic carbocycles. The third kappa shape index (κ3) is 1.43. The number of carbonyl (C=O) groups is 1. The minimum Gasteiger partial charge on any atom is -0.461 e. The standard InChI is InChI=1S/C15H22O3/c1-8-4-5-11(16)15(3)7-6-10-9(2)14(17)18-13(10)12(8)15/h4,9-13,16H,5-7H2,1-3H3/t9-,10+,11-,12-,13-,15-/m0/s1. The van der Waals surface area contributed by atoms with Gasteiger partial charge in [-0.25, -0.2) is 0 Å². The SMILES string of the molecule is CC1=CC[C@H](O)[C@]2(C)CC[C@H]3[C@H](OC(=O)[C@H]3C)[C@H]12. The second kappa shape index (κ2) is 3.83. The summed E-state index contributed by atoms with van der Waals surface area (Å²) in [5, 5.41) is 10.3. The first-order chi connectivity index (χ1) is 8.45. The van der Waals surface area contributed by atoms with E-state index in [1.807, 2.05) is 6.92 Å². The van der Waals surface area contributed by atoms with E-state index in [2.05, 4.69) is 19.9 Å². The predicted molar refractivity (Wildman–Crippen MR) is 67.7 cm³/mol. The number of aliphatic hydroxyl groups excluding tert-OH is 1. The van der Waals surface area contributed by atoms with E-state index < -0.39 is 0 Å². The van der Waals surface area contributed by atoms with E-state index in [4.69, 9.17) is 4.74 Å². The van der Waals surface area contributed by atoms with Crippen molar-refractivity contribution in [2.75, 3.05) is 0 Å². The number of carbonyl (C=O) groups excluding carboxylic acids is 1. The Hall–Kier alpha value is -0.830. The lowest BCUT2D eigenvalue weighted by Gasteiger charge is -2.51. The fourth-order valence-corrected chi connectivity index (χ4v) is 4.37. The number of hydrogen-bond donors (Lipinski definition) is 1. The van der Waals surface area contributed by atoms with Crippen LogP contribution in [0.25, 0.3) is 0 Å². The average molecular weight is 250 g/mol. The van der Waals surface area contributed by atoms with Crippen LogP contribution in [0.4, 0.5) is 0 Å². The van der Waals surface area contributed by atoms with Gasteiger partial charge in [-0.05, 0) is 26.2 Å². The minimum atomic E-state index is -0.304. The van der Waals surface area contributed by atoms with Crippen molar-refractivity contribution in [1.82, 2.24) is 0 Å². The fourth-order valence-electron chi connectivity index (χ4n) is 4.37. The van der Waals surface area contributed by atoms with E-state index in [1.165, 1.54) is 5.57 Å². The summed E-state index contributed by atoms with van der Waals surface area (Å²) in [6.45, 7) is 6.26. The molecule has 0 aromatic heterocycles. The van der Waals surface area contributed by atoms with Crippen LogP contribution in [0.2, 0.25) is 0 Å². The van der Waals surface area contributed by atoms with Crippen molar-refractivity contribution in [3.05, 3.63) is 11.6 Å². The molecule has 3 heteroatoms. The number of esters is 1. The quantitative estimate of drug-likeness (QED) is 0.530. The van der Waals surface area contributed by atoms with Crippen LogP contribution in [-0.4, -0.2) is 23.3 Å². The van der Waals surface area contributed by atoms with Crippen molar-refractivity contribution >= 4 is 5.97 Å². The fraction of sp³-hybridized carbons (Fsp3) is 0.800. The Balaban J connectivity index is 2.00. The van der Waals surface area contributed by atoms with Gasteiger partial charge in [-0.15, -0.1) is 0 Å². The maximum atomic E-state index is 11.8. The molecule has 0 bridgehead atoms. The molecule has 100 valence electrons. The van der Waals surface area contributed by atoms with Crippen molar-refractivity contribution in [2.45, 2.75) is 52.2 Å². The summed E-state index contributed by atoms with van der Waals surface area (Å²) in [6.07, 6.45) is 4.52. The predicted octanol–water partition coefficient (Wildman–Crippen LogP) is 2.29. The Kier molecular flexibility index (Phi) is 2.60. The molecule has 1 aliphatic heterocycles. The molecule has 0 unspecified atom stereocenters. The van der Waals surface area contributed by atoms with Gasteiger partial charge in [0.25, 0.3) is 0 Å².